The smallest absolute Gasteiger partial charge is 0.463 e. The van der Waals surface area contributed by atoms with Crippen LogP contribution >= 0.6 is 0 Å². The van der Waals surface area contributed by atoms with Crippen molar-refractivity contribution in [1.82, 2.24) is 20.4 Å². The fraction of sp³-hybridized carbons (Fsp3) is 0.621. The fourth-order valence-electron chi connectivity index (χ4n) is 5.77. The van der Waals surface area contributed by atoms with E-state index in [1.807, 2.05) is 6.07 Å². The number of halogens is 5. The fourth-order valence-corrected chi connectivity index (χ4v) is 5.77. The number of nitriles is 1. The van der Waals surface area contributed by atoms with Gasteiger partial charge in [-0.1, -0.05) is 43.9 Å². The van der Waals surface area contributed by atoms with Crippen LogP contribution in [0.2, 0.25) is 0 Å². The zero-order chi connectivity index (χ0) is 32.0. The summed E-state index contributed by atoms with van der Waals surface area (Å²) in [6, 6.07) is 4.88. The Balaban J connectivity index is 1.39. The molecule has 4 unspecified atom stereocenters. The molecule has 4 aliphatic rings. The van der Waals surface area contributed by atoms with E-state index in [0.717, 1.165) is 22.6 Å². The van der Waals surface area contributed by atoms with Crippen LogP contribution in [0, 0.1) is 23.2 Å². The molecular weight excluding hydrogens is 593 g/mol. The van der Waals surface area contributed by atoms with Crippen molar-refractivity contribution in [3.05, 3.63) is 29.8 Å². The molecule has 15 heteroatoms. The van der Waals surface area contributed by atoms with Crippen molar-refractivity contribution in [2.24, 2.45) is 11.8 Å². The summed E-state index contributed by atoms with van der Waals surface area (Å²) in [5.41, 5.74) is -0.895. The standard InChI is InChI=1S/C29H32F5N5O5/c1-38(23(40)20(10-16-6-7-16)37-26(43)28(30,31)29(32,33)34)21(11-17-8-9-17)24(41)39-15-27(12-19(39)13-35)25(42)36-14-18-4-2-3-5-22(18)44-27/h2-5,16-17,19-21H,6-12,14-15H2,1H3,(H,36,42)(H,37,43). The Kier molecular flexibility index (Phi) is 8.24. The number of nitrogens with one attached hydrogen (secondary N) is 2. The SMILES string of the molecule is CN(C(=O)C(CC1CC1)NC(=O)C(F)(F)C(F)(F)F)C(CC1CC1)C(=O)N1CC2(CC1C#N)Oc1ccccc1CNC2=O. The molecule has 2 heterocycles. The molecule has 0 aromatic heterocycles. The molecule has 2 N–H and O–H groups in total. The van der Waals surface area contributed by atoms with Crippen LogP contribution in [0.15, 0.2) is 24.3 Å². The molecule has 4 atom stereocenters. The highest BCUT2D eigenvalue weighted by Gasteiger charge is 2.64. The summed E-state index contributed by atoms with van der Waals surface area (Å²) >= 11 is 0. The number of benzene rings is 1. The van der Waals surface area contributed by atoms with Crippen molar-refractivity contribution >= 4 is 23.6 Å². The number of nitrogens with zero attached hydrogens (tertiary/aromatic N) is 3. The number of hydrogen-bond acceptors (Lipinski definition) is 6. The normalized spacial score (nSPS) is 24.7. The van der Waals surface area contributed by atoms with Crippen LogP contribution < -0.4 is 15.4 Å². The minimum absolute atomic E-state index is 0.0339. The van der Waals surface area contributed by atoms with Crippen LogP contribution in [0.3, 0.4) is 0 Å². The van der Waals surface area contributed by atoms with Crippen molar-refractivity contribution in [3.8, 4) is 11.8 Å². The Morgan fingerprint density at radius 1 is 1.14 bits per heavy atom. The van der Waals surface area contributed by atoms with Crippen molar-refractivity contribution in [2.75, 3.05) is 13.6 Å². The van der Waals surface area contributed by atoms with Gasteiger partial charge in [-0.2, -0.15) is 27.2 Å². The first kappa shape index (κ1) is 31.5. The molecule has 2 aliphatic heterocycles. The lowest BCUT2D eigenvalue weighted by molar-refractivity contribution is -0.270. The monoisotopic (exact) mass is 625 g/mol. The molecule has 1 aromatic carbocycles. The summed E-state index contributed by atoms with van der Waals surface area (Å²) in [6.45, 7) is -0.140. The van der Waals surface area contributed by atoms with E-state index in [1.54, 1.807) is 29.6 Å². The summed E-state index contributed by atoms with van der Waals surface area (Å²) in [6.07, 6.45) is -3.64. The molecule has 10 nitrogen and oxygen atoms in total. The number of hydrogen-bond donors (Lipinski definition) is 2. The van der Waals surface area contributed by atoms with Crippen molar-refractivity contribution in [1.29, 1.82) is 5.26 Å². The average Bonchev–Trinajstić information content (AvgIpc) is 3.91. The second-order valence-corrected chi connectivity index (χ2v) is 12.1. The number of likely N-dealkylation sites (N-methyl/N-ethyl adjacent to an activating group) is 1. The van der Waals surface area contributed by atoms with Crippen LogP contribution in [-0.4, -0.2) is 82.8 Å². The van der Waals surface area contributed by atoms with Gasteiger partial charge < -0.3 is 25.2 Å². The lowest BCUT2D eigenvalue weighted by Crippen LogP contribution is -2.59. The highest BCUT2D eigenvalue weighted by atomic mass is 19.4. The van der Waals surface area contributed by atoms with E-state index in [2.05, 4.69) is 5.32 Å². The molecule has 4 amide bonds. The van der Waals surface area contributed by atoms with Crippen molar-refractivity contribution in [3.63, 3.8) is 0 Å². The molecule has 5 rings (SSSR count). The van der Waals surface area contributed by atoms with Gasteiger partial charge in [0.2, 0.25) is 17.4 Å². The highest BCUT2D eigenvalue weighted by molar-refractivity contribution is 5.95. The average molecular weight is 626 g/mol. The van der Waals surface area contributed by atoms with Gasteiger partial charge >= 0.3 is 18.0 Å². The van der Waals surface area contributed by atoms with E-state index in [0.29, 0.717) is 24.2 Å². The molecule has 3 fully saturated rings. The van der Waals surface area contributed by atoms with Crippen LogP contribution in [0.4, 0.5) is 22.0 Å². The molecule has 1 saturated heterocycles. The maximum Gasteiger partial charge on any atom is 0.463 e. The second kappa shape index (κ2) is 11.5. The van der Waals surface area contributed by atoms with Gasteiger partial charge in [-0.25, -0.2) is 0 Å². The third-order valence-corrected chi connectivity index (χ3v) is 8.75. The summed E-state index contributed by atoms with van der Waals surface area (Å²) in [7, 11) is 1.22. The molecule has 0 bridgehead atoms. The number of alkyl halides is 5. The largest absolute Gasteiger partial charge is 0.475 e. The van der Waals surface area contributed by atoms with Gasteiger partial charge in [0.1, 0.15) is 23.9 Å². The van der Waals surface area contributed by atoms with Crippen LogP contribution in [0.1, 0.15) is 50.5 Å². The Morgan fingerprint density at radius 3 is 2.39 bits per heavy atom. The predicted octanol–water partition coefficient (Wildman–Crippen LogP) is 2.67. The molecule has 1 spiro atoms. The molecule has 44 heavy (non-hydrogen) atoms. The first-order valence-corrected chi connectivity index (χ1v) is 14.4. The molecular formula is C29H32F5N5O5. The summed E-state index contributed by atoms with van der Waals surface area (Å²) in [5, 5.41) is 14.3. The molecule has 0 radical (unpaired) electrons. The lowest BCUT2D eigenvalue weighted by atomic mass is 9.99. The van der Waals surface area contributed by atoms with Crippen LogP contribution in [0.5, 0.6) is 5.75 Å². The Labute approximate surface area is 249 Å². The van der Waals surface area contributed by atoms with Crippen molar-refractivity contribution in [2.45, 2.75) is 87.3 Å². The molecule has 2 saturated carbocycles. The van der Waals surface area contributed by atoms with Gasteiger partial charge in [-0.05, 0) is 30.7 Å². The lowest BCUT2D eigenvalue weighted by Gasteiger charge is -2.35. The number of carbonyl (C=O) groups excluding carboxylic acids is 4. The topological polar surface area (TPSA) is 132 Å². The third-order valence-electron chi connectivity index (χ3n) is 8.75. The van der Waals surface area contributed by atoms with E-state index in [4.69, 9.17) is 4.74 Å². The summed E-state index contributed by atoms with van der Waals surface area (Å²) in [5.74, 6) is -10.3. The van der Waals surface area contributed by atoms with E-state index < -0.39 is 59.5 Å². The van der Waals surface area contributed by atoms with Crippen molar-refractivity contribution < 1.29 is 45.9 Å². The number of likely N-dealkylation sites (tertiary alicyclic amines) is 1. The number of para-hydroxylation sites is 1. The zero-order valence-corrected chi connectivity index (χ0v) is 23.8. The van der Waals surface area contributed by atoms with Gasteiger partial charge in [0, 0.05) is 25.6 Å². The third kappa shape index (κ3) is 6.16. The molecule has 2 aliphatic carbocycles. The minimum atomic E-state index is -6.16. The number of rotatable bonds is 9. The van der Waals surface area contributed by atoms with Gasteiger partial charge in [0.25, 0.3) is 5.91 Å². The van der Waals surface area contributed by atoms with Crippen LogP contribution in [0.25, 0.3) is 0 Å². The number of fused-ring (bicyclic) bond motifs is 1. The first-order valence-electron chi connectivity index (χ1n) is 14.4. The molecule has 238 valence electrons. The van der Waals surface area contributed by atoms with E-state index in [9.17, 15) is 46.4 Å². The summed E-state index contributed by atoms with van der Waals surface area (Å²) in [4.78, 5) is 55.1. The Bertz CT molecular complexity index is 1370. The van der Waals surface area contributed by atoms with E-state index in [-0.39, 0.29) is 44.2 Å². The maximum absolute atomic E-state index is 14.1. The second-order valence-electron chi connectivity index (χ2n) is 12.1. The van der Waals surface area contributed by atoms with Gasteiger partial charge in [0.05, 0.1) is 12.6 Å². The summed E-state index contributed by atoms with van der Waals surface area (Å²) < 4.78 is 72.3. The van der Waals surface area contributed by atoms with Gasteiger partial charge in [-0.3, -0.25) is 19.2 Å². The Morgan fingerprint density at radius 2 is 1.77 bits per heavy atom. The quantitative estimate of drug-likeness (QED) is 0.406. The first-order chi connectivity index (χ1) is 20.7. The number of ether oxygens (including phenoxy) is 1. The maximum atomic E-state index is 14.1. The molecule has 1 aromatic rings. The predicted molar refractivity (Wildman–Crippen MR) is 142 cm³/mol. The number of carbonyl (C=O) groups is 4. The number of amides is 4. The van der Waals surface area contributed by atoms with Gasteiger partial charge in [0.15, 0.2) is 0 Å². The Hall–Kier alpha value is -3.96. The zero-order valence-electron chi connectivity index (χ0n) is 23.8. The van der Waals surface area contributed by atoms with E-state index in [1.165, 1.54) is 7.05 Å². The van der Waals surface area contributed by atoms with Crippen LogP contribution in [-0.2, 0) is 25.7 Å². The van der Waals surface area contributed by atoms with Gasteiger partial charge in [-0.15, -0.1) is 0 Å². The highest BCUT2D eigenvalue weighted by Crippen LogP contribution is 2.40. The van der Waals surface area contributed by atoms with E-state index >= 15 is 0 Å². The minimum Gasteiger partial charge on any atom is -0.475 e.